The molecule has 3 heterocycles. The highest BCUT2D eigenvalue weighted by atomic mass is 32.1. The molecule has 0 bridgehead atoms. The number of nitrogens with one attached hydrogen (secondary N) is 1. The minimum atomic E-state index is -5.08. The lowest BCUT2D eigenvalue weighted by atomic mass is 10.1. The highest BCUT2D eigenvalue weighted by Gasteiger charge is 2.38. The molecule has 1 amide bonds. The number of carboxylic acids is 1. The molecular formula is C19H23F3N4O3S. The van der Waals surface area contributed by atoms with Gasteiger partial charge in [0.1, 0.15) is 0 Å². The summed E-state index contributed by atoms with van der Waals surface area (Å²) in [4.78, 5) is 23.2. The largest absolute Gasteiger partial charge is 0.490 e. The number of halogens is 3. The Hall–Kier alpha value is -2.40. The second kappa shape index (κ2) is 9.61. The fraction of sp³-hybridized carbons (Fsp3) is 0.526. The molecule has 11 heteroatoms. The zero-order chi connectivity index (χ0) is 21.7. The summed E-state index contributed by atoms with van der Waals surface area (Å²) < 4.78 is 33.9. The number of aromatic nitrogens is 2. The van der Waals surface area contributed by atoms with Crippen LogP contribution < -0.4 is 5.32 Å². The molecule has 0 saturated heterocycles. The number of fused-ring (bicyclic) bond motifs is 1. The number of carboxylic acid groups (broad SMARTS) is 1. The molecule has 0 spiro atoms. The van der Waals surface area contributed by atoms with Gasteiger partial charge in [0, 0.05) is 38.3 Å². The predicted octanol–water partition coefficient (Wildman–Crippen LogP) is 3.05. The summed E-state index contributed by atoms with van der Waals surface area (Å²) in [5.41, 5.74) is 2.65. The van der Waals surface area contributed by atoms with Crippen molar-refractivity contribution in [2.45, 2.75) is 44.6 Å². The second-order valence-electron chi connectivity index (χ2n) is 7.38. The summed E-state index contributed by atoms with van der Waals surface area (Å²) in [7, 11) is 0. The summed E-state index contributed by atoms with van der Waals surface area (Å²) >= 11 is 1.75. The number of amides is 1. The SMILES string of the molecule is O=C(NCCC1CN(Cc2ccsc2)Cc2ccnn21)C1CC1.O=C(O)C(F)(F)F. The quantitative estimate of drug-likeness (QED) is 0.715. The van der Waals surface area contributed by atoms with Gasteiger partial charge in [-0.15, -0.1) is 0 Å². The van der Waals surface area contributed by atoms with Gasteiger partial charge in [0.2, 0.25) is 5.91 Å². The molecule has 1 fully saturated rings. The van der Waals surface area contributed by atoms with Crippen LogP contribution in [0.3, 0.4) is 0 Å². The first-order valence-electron chi connectivity index (χ1n) is 9.57. The highest BCUT2D eigenvalue weighted by molar-refractivity contribution is 7.07. The van der Waals surface area contributed by atoms with Crippen LogP contribution in [0, 0.1) is 5.92 Å². The molecule has 1 aliphatic carbocycles. The monoisotopic (exact) mass is 444 g/mol. The van der Waals surface area contributed by atoms with Crippen LogP contribution in [0.1, 0.15) is 36.6 Å². The third-order valence-corrected chi connectivity index (χ3v) is 5.64. The number of alkyl halides is 3. The van der Waals surface area contributed by atoms with Crippen LogP contribution in [0.15, 0.2) is 29.1 Å². The topological polar surface area (TPSA) is 87.5 Å². The smallest absolute Gasteiger partial charge is 0.475 e. The minimum absolute atomic E-state index is 0.233. The normalized spacial score (nSPS) is 18.8. The third-order valence-electron chi connectivity index (χ3n) is 4.91. The minimum Gasteiger partial charge on any atom is -0.475 e. The lowest BCUT2D eigenvalue weighted by Gasteiger charge is -2.33. The fourth-order valence-electron chi connectivity index (χ4n) is 3.29. The van der Waals surface area contributed by atoms with E-state index in [4.69, 9.17) is 9.90 Å². The lowest BCUT2D eigenvalue weighted by Crippen LogP contribution is -2.39. The summed E-state index contributed by atoms with van der Waals surface area (Å²) in [6.07, 6.45) is -0.132. The van der Waals surface area contributed by atoms with Gasteiger partial charge in [-0.1, -0.05) is 0 Å². The van der Waals surface area contributed by atoms with Crippen molar-refractivity contribution in [1.29, 1.82) is 0 Å². The Morgan fingerprint density at radius 3 is 2.63 bits per heavy atom. The zero-order valence-corrected chi connectivity index (χ0v) is 17.0. The van der Waals surface area contributed by atoms with Crippen molar-refractivity contribution in [3.8, 4) is 0 Å². The molecule has 164 valence electrons. The second-order valence-corrected chi connectivity index (χ2v) is 8.16. The summed E-state index contributed by atoms with van der Waals surface area (Å²) in [6.45, 7) is 3.66. The molecule has 1 saturated carbocycles. The van der Waals surface area contributed by atoms with Crippen molar-refractivity contribution in [2.24, 2.45) is 5.92 Å². The van der Waals surface area contributed by atoms with Crippen LogP contribution in [0.25, 0.3) is 0 Å². The molecular weight excluding hydrogens is 421 g/mol. The van der Waals surface area contributed by atoms with Crippen molar-refractivity contribution in [2.75, 3.05) is 13.1 Å². The van der Waals surface area contributed by atoms with E-state index in [1.165, 1.54) is 11.3 Å². The predicted molar refractivity (Wildman–Crippen MR) is 104 cm³/mol. The molecule has 1 atom stereocenters. The number of nitrogens with zero attached hydrogens (tertiary/aromatic N) is 3. The van der Waals surface area contributed by atoms with E-state index in [0.29, 0.717) is 6.04 Å². The number of hydrogen-bond donors (Lipinski definition) is 2. The first-order chi connectivity index (χ1) is 14.2. The average molecular weight is 444 g/mol. The van der Waals surface area contributed by atoms with E-state index in [-0.39, 0.29) is 11.8 Å². The number of hydrogen-bond acceptors (Lipinski definition) is 5. The van der Waals surface area contributed by atoms with Gasteiger partial charge in [0.25, 0.3) is 0 Å². The van der Waals surface area contributed by atoms with Gasteiger partial charge in [-0.25, -0.2) is 4.79 Å². The number of rotatable bonds is 6. The zero-order valence-electron chi connectivity index (χ0n) is 16.1. The van der Waals surface area contributed by atoms with Gasteiger partial charge >= 0.3 is 12.1 Å². The summed E-state index contributed by atoms with van der Waals surface area (Å²) in [6, 6.07) is 4.64. The standard InChI is InChI=1S/C17H22N4OS.C2HF3O2/c22-17(14-1-2-14)18-6-3-15-10-20(9-13-5-8-23-12-13)11-16-4-7-19-21(15)16;3-2(4,5)1(6)7/h4-5,7-8,12,14-15H,1-3,6,9-11H2,(H,18,22);(H,6,7). The van der Waals surface area contributed by atoms with E-state index in [0.717, 1.165) is 45.4 Å². The Bertz CT molecular complexity index is 850. The van der Waals surface area contributed by atoms with E-state index in [2.05, 4.69) is 42.9 Å². The lowest BCUT2D eigenvalue weighted by molar-refractivity contribution is -0.192. The molecule has 0 radical (unpaired) electrons. The van der Waals surface area contributed by atoms with Crippen LogP contribution >= 0.6 is 11.3 Å². The Morgan fingerprint density at radius 1 is 1.30 bits per heavy atom. The Kier molecular flexibility index (Phi) is 7.14. The third kappa shape index (κ3) is 6.30. The first-order valence-corrected chi connectivity index (χ1v) is 10.5. The maximum atomic E-state index is 11.8. The number of thiophene rings is 1. The fourth-order valence-corrected chi connectivity index (χ4v) is 3.95. The summed E-state index contributed by atoms with van der Waals surface area (Å²) in [5.74, 6) is -2.24. The molecule has 2 aromatic rings. The maximum Gasteiger partial charge on any atom is 0.490 e. The van der Waals surface area contributed by atoms with Gasteiger partial charge in [-0.05, 0) is 47.7 Å². The Balaban J connectivity index is 0.000000318. The van der Waals surface area contributed by atoms with Crippen molar-refractivity contribution in [3.05, 3.63) is 40.3 Å². The molecule has 1 unspecified atom stereocenters. The van der Waals surface area contributed by atoms with Gasteiger partial charge in [0.15, 0.2) is 0 Å². The van der Waals surface area contributed by atoms with Crippen molar-refractivity contribution >= 4 is 23.2 Å². The van der Waals surface area contributed by atoms with E-state index in [1.54, 1.807) is 11.3 Å². The molecule has 1 aliphatic heterocycles. The average Bonchev–Trinajstić information content (AvgIpc) is 3.20. The Morgan fingerprint density at radius 2 is 2.03 bits per heavy atom. The Labute approximate surface area is 175 Å². The first kappa shape index (κ1) is 22.3. The van der Waals surface area contributed by atoms with Crippen LogP contribution in [0.4, 0.5) is 13.2 Å². The van der Waals surface area contributed by atoms with Crippen LogP contribution in [-0.2, 0) is 22.7 Å². The van der Waals surface area contributed by atoms with E-state index in [9.17, 15) is 18.0 Å². The van der Waals surface area contributed by atoms with Gasteiger partial charge in [0.05, 0.1) is 11.7 Å². The van der Waals surface area contributed by atoms with E-state index < -0.39 is 12.1 Å². The number of carbonyl (C=O) groups is 2. The molecule has 4 rings (SSSR count). The van der Waals surface area contributed by atoms with Crippen molar-refractivity contribution < 1.29 is 27.9 Å². The molecule has 2 aliphatic rings. The number of carbonyl (C=O) groups excluding carboxylic acids is 1. The van der Waals surface area contributed by atoms with Gasteiger partial charge in [-0.2, -0.15) is 29.6 Å². The van der Waals surface area contributed by atoms with Crippen LogP contribution in [0.2, 0.25) is 0 Å². The van der Waals surface area contributed by atoms with E-state index >= 15 is 0 Å². The molecule has 30 heavy (non-hydrogen) atoms. The number of aliphatic carboxylic acids is 1. The highest BCUT2D eigenvalue weighted by Crippen LogP contribution is 2.29. The van der Waals surface area contributed by atoms with Crippen molar-refractivity contribution in [1.82, 2.24) is 20.0 Å². The molecule has 0 aromatic carbocycles. The molecule has 2 N–H and O–H groups in total. The van der Waals surface area contributed by atoms with Gasteiger partial charge < -0.3 is 10.4 Å². The summed E-state index contributed by atoms with van der Waals surface area (Å²) in [5, 5.41) is 19.1. The van der Waals surface area contributed by atoms with Crippen LogP contribution in [0.5, 0.6) is 0 Å². The molecule has 7 nitrogen and oxygen atoms in total. The van der Waals surface area contributed by atoms with Crippen LogP contribution in [-0.4, -0.2) is 50.9 Å². The van der Waals surface area contributed by atoms with Crippen molar-refractivity contribution in [3.63, 3.8) is 0 Å². The molecule has 2 aromatic heterocycles. The maximum absolute atomic E-state index is 11.8. The van der Waals surface area contributed by atoms with Gasteiger partial charge in [-0.3, -0.25) is 14.4 Å². The van der Waals surface area contributed by atoms with E-state index in [1.807, 2.05) is 6.20 Å².